The van der Waals surface area contributed by atoms with E-state index in [4.69, 9.17) is 5.11 Å². The van der Waals surface area contributed by atoms with Crippen LogP contribution in [0.3, 0.4) is 0 Å². The van der Waals surface area contributed by atoms with Crippen molar-refractivity contribution in [2.75, 3.05) is 0 Å². The highest BCUT2D eigenvalue weighted by atomic mass is 19.1. The van der Waals surface area contributed by atoms with Gasteiger partial charge in [-0.15, -0.1) is 0 Å². The molecule has 1 heterocycles. The van der Waals surface area contributed by atoms with Gasteiger partial charge in [0, 0.05) is 16.8 Å². The summed E-state index contributed by atoms with van der Waals surface area (Å²) in [6, 6.07) is 5.46. The third-order valence-corrected chi connectivity index (χ3v) is 3.57. The molecule has 0 saturated heterocycles. The van der Waals surface area contributed by atoms with Crippen molar-refractivity contribution in [3.63, 3.8) is 0 Å². The maximum atomic E-state index is 13.4. The number of hydrogen-bond acceptors (Lipinski definition) is 3. The quantitative estimate of drug-likeness (QED) is 0.842. The van der Waals surface area contributed by atoms with Crippen LogP contribution < -0.4 is 0 Å². The number of aliphatic hydroxyl groups excluding tert-OH is 1. The summed E-state index contributed by atoms with van der Waals surface area (Å²) in [5.74, 6) is -3.01. The Morgan fingerprint density at radius 1 is 1.15 bits per heavy atom. The SMILES string of the molecule is Oc1c(F)cc(-c2ccc3c(n2)CCCC3O)cc1F. The number of aromatic hydroxyl groups is 1. The topological polar surface area (TPSA) is 53.4 Å². The van der Waals surface area contributed by atoms with Crippen LogP contribution >= 0.6 is 0 Å². The van der Waals surface area contributed by atoms with Crippen LogP contribution in [0.1, 0.15) is 30.2 Å². The van der Waals surface area contributed by atoms with E-state index in [1.165, 1.54) is 0 Å². The van der Waals surface area contributed by atoms with Gasteiger partial charge in [0.25, 0.3) is 0 Å². The highest BCUT2D eigenvalue weighted by molar-refractivity contribution is 5.61. The van der Waals surface area contributed by atoms with Gasteiger partial charge in [-0.25, -0.2) is 8.78 Å². The minimum absolute atomic E-state index is 0.265. The largest absolute Gasteiger partial charge is 0.503 e. The first-order chi connectivity index (χ1) is 9.56. The van der Waals surface area contributed by atoms with Gasteiger partial charge in [-0.2, -0.15) is 0 Å². The van der Waals surface area contributed by atoms with Crippen molar-refractivity contribution >= 4 is 0 Å². The van der Waals surface area contributed by atoms with E-state index in [-0.39, 0.29) is 5.56 Å². The van der Waals surface area contributed by atoms with Crippen molar-refractivity contribution in [2.45, 2.75) is 25.4 Å². The van der Waals surface area contributed by atoms with Crippen molar-refractivity contribution in [2.24, 2.45) is 0 Å². The number of phenols is 1. The fourth-order valence-corrected chi connectivity index (χ4v) is 2.51. The lowest BCUT2D eigenvalue weighted by molar-refractivity contribution is 0.155. The third-order valence-electron chi connectivity index (χ3n) is 3.57. The first-order valence-corrected chi connectivity index (χ1v) is 6.42. The Labute approximate surface area is 114 Å². The van der Waals surface area contributed by atoms with Crippen LogP contribution in [0.2, 0.25) is 0 Å². The molecule has 1 aromatic heterocycles. The Hall–Kier alpha value is -2.01. The molecule has 2 N–H and O–H groups in total. The number of pyridine rings is 1. The summed E-state index contributed by atoms with van der Waals surface area (Å²) in [4.78, 5) is 4.37. The zero-order valence-electron chi connectivity index (χ0n) is 10.6. The number of benzene rings is 1. The monoisotopic (exact) mass is 277 g/mol. The van der Waals surface area contributed by atoms with Gasteiger partial charge in [0.05, 0.1) is 11.8 Å². The van der Waals surface area contributed by atoms with Crippen LogP contribution in [-0.4, -0.2) is 15.2 Å². The molecule has 3 rings (SSSR count). The van der Waals surface area contributed by atoms with E-state index >= 15 is 0 Å². The normalized spacial score (nSPS) is 17.9. The molecule has 1 aliphatic carbocycles. The average Bonchev–Trinajstić information content (AvgIpc) is 2.44. The van der Waals surface area contributed by atoms with Gasteiger partial charge < -0.3 is 10.2 Å². The zero-order valence-corrected chi connectivity index (χ0v) is 10.6. The number of hydrogen-bond donors (Lipinski definition) is 2. The van der Waals surface area contributed by atoms with Gasteiger partial charge >= 0.3 is 0 Å². The second-order valence-corrected chi connectivity index (χ2v) is 4.93. The Balaban J connectivity index is 2.07. The first kappa shape index (κ1) is 13.0. The van der Waals surface area contributed by atoms with Crippen molar-refractivity contribution in [1.82, 2.24) is 4.98 Å². The molecule has 104 valence electrons. The zero-order chi connectivity index (χ0) is 14.3. The Kier molecular flexibility index (Phi) is 3.14. The maximum Gasteiger partial charge on any atom is 0.187 e. The van der Waals surface area contributed by atoms with Gasteiger partial charge in [0.1, 0.15) is 0 Å². The smallest absolute Gasteiger partial charge is 0.187 e. The second kappa shape index (κ2) is 4.83. The van der Waals surface area contributed by atoms with Crippen LogP contribution in [0.5, 0.6) is 5.75 Å². The fourth-order valence-electron chi connectivity index (χ4n) is 2.51. The van der Waals surface area contributed by atoms with E-state index in [9.17, 15) is 13.9 Å². The van der Waals surface area contributed by atoms with Crippen molar-refractivity contribution < 1.29 is 19.0 Å². The van der Waals surface area contributed by atoms with Crippen molar-refractivity contribution in [1.29, 1.82) is 0 Å². The van der Waals surface area contributed by atoms with E-state index in [2.05, 4.69) is 4.98 Å². The minimum Gasteiger partial charge on any atom is -0.503 e. The molecule has 0 bridgehead atoms. The third kappa shape index (κ3) is 2.14. The lowest BCUT2D eigenvalue weighted by Crippen LogP contribution is -2.11. The number of aryl methyl sites for hydroxylation is 1. The molecule has 2 aromatic rings. The highest BCUT2D eigenvalue weighted by Gasteiger charge is 2.20. The predicted molar refractivity (Wildman–Crippen MR) is 69.2 cm³/mol. The van der Waals surface area contributed by atoms with Gasteiger partial charge in [0.15, 0.2) is 17.4 Å². The van der Waals surface area contributed by atoms with Crippen molar-refractivity contribution in [3.8, 4) is 17.0 Å². The summed E-state index contributed by atoms with van der Waals surface area (Å²) in [6.07, 6.45) is 1.76. The number of rotatable bonds is 1. The summed E-state index contributed by atoms with van der Waals surface area (Å²) >= 11 is 0. The van der Waals surface area contributed by atoms with E-state index < -0.39 is 23.5 Å². The van der Waals surface area contributed by atoms with Crippen LogP contribution in [0, 0.1) is 11.6 Å². The molecule has 0 radical (unpaired) electrons. The maximum absolute atomic E-state index is 13.4. The van der Waals surface area contributed by atoms with Crippen LogP contribution in [-0.2, 0) is 6.42 Å². The van der Waals surface area contributed by atoms with E-state index in [1.807, 2.05) is 0 Å². The van der Waals surface area contributed by atoms with Gasteiger partial charge in [-0.1, -0.05) is 6.07 Å². The summed E-state index contributed by atoms with van der Waals surface area (Å²) in [7, 11) is 0. The Morgan fingerprint density at radius 2 is 1.85 bits per heavy atom. The van der Waals surface area contributed by atoms with Gasteiger partial charge in [0.2, 0.25) is 0 Å². The molecule has 3 nitrogen and oxygen atoms in total. The molecular weight excluding hydrogens is 264 g/mol. The molecule has 0 saturated carbocycles. The Morgan fingerprint density at radius 3 is 2.55 bits per heavy atom. The van der Waals surface area contributed by atoms with E-state index in [1.54, 1.807) is 12.1 Å². The lowest BCUT2D eigenvalue weighted by Gasteiger charge is -2.20. The highest BCUT2D eigenvalue weighted by Crippen LogP contribution is 2.32. The molecule has 1 atom stereocenters. The molecular formula is C15H13F2NO2. The van der Waals surface area contributed by atoms with Gasteiger partial charge in [-0.3, -0.25) is 4.98 Å². The van der Waals surface area contributed by atoms with E-state index in [0.717, 1.165) is 36.2 Å². The summed E-state index contributed by atoms with van der Waals surface area (Å²) in [5, 5.41) is 19.0. The molecule has 1 unspecified atom stereocenters. The predicted octanol–water partition coefficient (Wildman–Crippen LogP) is 3.10. The fraction of sp³-hybridized carbons (Fsp3) is 0.267. The molecule has 0 amide bonds. The number of fused-ring (bicyclic) bond motifs is 1. The van der Waals surface area contributed by atoms with Crippen LogP contribution in [0.25, 0.3) is 11.3 Å². The lowest BCUT2D eigenvalue weighted by atomic mass is 9.92. The van der Waals surface area contributed by atoms with E-state index in [0.29, 0.717) is 12.1 Å². The number of aliphatic hydroxyl groups is 1. The molecule has 0 spiro atoms. The molecule has 0 aliphatic heterocycles. The summed E-state index contributed by atoms with van der Waals surface area (Å²) in [6.45, 7) is 0. The first-order valence-electron chi connectivity index (χ1n) is 6.42. The summed E-state index contributed by atoms with van der Waals surface area (Å²) in [5.41, 5.74) is 2.23. The second-order valence-electron chi connectivity index (χ2n) is 4.93. The minimum atomic E-state index is -1.01. The van der Waals surface area contributed by atoms with Gasteiger partial charge in [-0.05, 0) is 37.5 Å². The Bertz CT molecular complexity index is 650. The molecule has 20 heavy (non-hydrogen) atoms. The summed E-state index contributed by atoms with van der Waals surface area (Å²) < 4.78 is 26.7. The van der Waals surface area contributed by atoms with Crippen LogP contribution in [0.4, 0.5) is 8.78 Å². The number of halogens is 2. The molecule has 5 heteroatoms. The van der Waals surface area contributed by atoms with Crippen LogP contribution in [0.15, 0.2) is 24.3 Å². The van der Waals surface area contributed by atoms with Crippen molar-refractivity contribution in [3.05, 3.63) is 47.2 Å². The molecule has 1 aromatic carbocycles. The number of phenolic OH excluding ortho intramolecular Hbond substituents is 1. The molecule has 0 fully saturated rings. The average molecular weight is 277 g/mol. The number of aromatic nitrogens is 1. The molecule has 1 aliphatic rings. The number of nitrogens with zero attached hydrogens (tertiary/aromatic N) is 1. The standard InChI is InChI=1S/C15H13F2NO2/c16-10-6-8(7-11(17)15(10)20)12-5-4-9-13(18-12)2-1-3-14(9)19/h4-7,14,19-20H,1-3H2.